The Morgan fingerprint density at radius 3 is 2.82 bits per heavy atom. The molecule has 88 valence electrons. The highest BCUT2D eigenvalue weighted by Gasteiger charge is 2.05. The molecule has 0 atom stereocenters. The molecular weight excluding hydrogens is 222 g/mol. The summed E-state index contributed by atoms with van der Waals surface area (Å²) in [5.41, 5.74) is 0.726. The molecule has 0 saturated heterocycles. The van der Waals surface area contributed by atoms with Crippen LogP contribution < -0.4 is 0 Å². The summed E-state index contributed by atoms with van der Waals surface area (Å²) in [7, 11) is 1.28. The van der Waals surface area contributed by atoms with E-state index in [2.05, 4.69) is 26.3 Å². The molecule has 1 aromatic rings. The van der Waals surface area contributed by atoms with Crippen molar-refractivity contribution in [2.75, 3.05) is 13.7 Å². The van der Waals surface area contributed by atoms with Gasteiger partial charge >= 0.3 is 11.9 Å². The number of carbonyl (C=O) groups excluding carboxylic acids is 2. The second-order valence-corrected chi connectivity index (χ2v) is 2.92. The van der Waals surface area contributed by atoms with Crippen LogP contribution in [0.4, 0.5) is 0 Å². The summed E-state index contributed by atoms with van der Waals surface area (Å²) < 4.78 is 9.17. The molecule has 5 nitrogen and oxygen atoms in total. The minimum atomic E-state index is -0.615. The molecule has 0 aliphatic rings. The maximum Gasteiger partial charge on any atom is 0.384 e. The molecule has 1 heterocycles. The first-order valence-electron chi connectivity index (χ1n) is 4.89. The van der Waals surface area contributed by atoms with Crippen LogP contribution in [0.25, 0.3) is 0 Å². The van der Waals surface area contributed by atoms with Crippen LogP contribution in [0.15, 0.2) is 18.5 Å². The average Bonchev–Trinajstić information content (AvgIpc) is 2.36. The fourth-order valence-electron chi connectivity index (χ4n) is 1.03. The number of aromatic nitrogens is 1. The van der Waals surface area contributed by atoms with E-state index in [9.17, 15) is 9.59 Å². The largest absolute Gasteiger partial charge is 0.465 e. The molecule has 0 radical (unpaired) electrons. The van der Waals surface area contributed by atoms with Gasteiger partial charge in [0.05, 0.1) is 19.3 Å². The van der Waals surface area contributed by atoms with Gasteiger partial charge < -0.3 is 9.47 Å². The summed E-state index contributed by atoms with van der Waals surface area (Å²) in [6.07, 6.45) is 2.81. The third kappa shape index (κ3) is 3.95. The van der Waals surface area contributed by atoms with E-state index in [4.69, 9.17) is 0 Å². The molecule has 0 N–H and O–H groups in total. The lowest BCUT2D eigenvalue weighted by molar-refractivity contribution is -0.136. The minimum Gasteiger partial charge on any atom is -0.465 e. The Bertz CT molecular complexity index is 485. The predicted molar refractivity (Wildman–Crippen MR) is 59.1 cm³/mol. The monoisotopic (exact) mass is 233 g/mol. The van der Waals surface area contributed by atoms with Crippen molar-refractivity contribution >= 4 is 11.9 Å². The van der Waals surface area contributed by atoms with Crippen molar-refractivity contribution in [3.63, 3.8) is 0 Å². The first-order chi connectivity index (χ1) is 8.17. The van der Waals surface area contributed by atoms with Crippen molar-refractivity contribution in [1.82, 2.24) is 4.98 Å². The fourth-order valence-corrected chi connectivity index (χ4v) is 1.03. The molecule has 5 heteroatoms. The number of hydrogen-bond donors (Lipinski definition) is 0. The zero-order valence-electron chi connectivity index (χ0n) is 9.52. The van der Waals surface area contributed by atoms with Gasteiger partial charge in [-0.25, -0.2) is 9.59 Å². The molecule has 0 unspecified atom stereocenters. The van der Waals surface area contributed by atoms with Crippen molar-refractivity contribution < 1.29 is 19.1 Å². The normalized spacial score (nSPS) is 8.82. The molecule has 1 rings (SSSR count). The van der Waals surface area contributed by atoms with Crippen LogP contribution in [-0.2, 0) is 14.3 Å². The molecule has 0 aliphatic carbocycles. The predicted octanol–water partition coefficient (Wildman–Crippen LogP) is 0.783. The van der Waals surface area contributed by atoms with E-state index in [0.717, 1.165) is 0 Å². The fraction of sp³-hybridized carbons (Fsp3) is 0.250. The molecule has 0 aliphatic heterocycles. The lowest BCUT2D eigenvalue weighted by Crippen LogP contribution is -2.02. The summed E-state index contributed by atoms with van der Waals surface area (Å²) in [5.74, 6) is 3.72. The summed E-state index contributed by atoms with van der Waals surface area (Å²) in [5, 5.41) is 0. The van der Waals surface area contributed by atoms with Gasteiger partial charge in [-0.05, 0) is 13.0 Å². The van der Waals surface area contributed by atoms with E-state index in [1.54, 1.807) is 6.92 Å². The van der Waals surface area contributed by atoms with Gasteiger partial charge in [0.25, 0.3) is 0 Å². The average molecular weight is 233 g/mol. The zero-order chi connectivity index (χ0) is 12.7. The zero-order valence-corrected chi connectivity index (χ0v) is 9.52. The van der Waals surface area contributed by atoms with Crippen molar-refractivity contribution in [2.24, 2.45) is 0 Å². The van der Waals surface area contributed by atoms with E-state index < -0.39 is 11.9 Å². The number of pyridine rings is 1. The second kappa shape index (κ2) is 6.28. The molecule has 0 aromatic carbocycles. The maximum absolute atomic E-state index is 11.2. The third-order valence-corrected chi connectivity index (χ3v) is 1.74. The van der Waals surface area contributed by atoms with Gasteiger partial charge in [0.1, 0.15) is 0 Å². The number of hydrogen-bond acceptors (Lipinski definition) is 5. The van der Waals surface area contributed by atoms with Crippen LogP contribution in [0.3, 0.4) is 0 Å². The van der Waals surface area contributed by atoms with Crippen LogP contribution in [0, 0.1) is 11.8 Å². The quantitative estimate of drug-likeness (QED) is 0.558. The topological polar surface area (TPSA) is 65.5 Å². The molecular formula is C12H11NO4. The van der Waals surface area contributed by atoms with Gasteiger partial charge in [0.15, 0.2) is 0 Å². The summed E-state index contributed by atoms with van der Waals surface area (Å²) in [6.45, 7) is 1.97. The first kappa shape index (κ1) is 12.7. The molecule has 0 bridgehead atoms. The van der Waals surface area contributed by atoms with E-state index in [0.29, 0.717) is 5.56 Å². The molecule has 0 saturated carbocycles. The van der Waals surface area contributed by atoms with Crippen molar-refractivity contribution in [2.45, 2.75) is 6.92 Å². The van der Waals surface area contributed by atoms with Crippen LogP contribution >= 0.6 is 0 Å². The number of carbonyl (C=O) groups is 2. The lowest BCUT2D eigenvalue weighted by atomic mass is 10.2. The number of methoxy groups -OCH3 is 1. The summed E-state index contributed by atoms with van der Waals surface area (Å²) >= 11 is 0. The molecule has 0 spiro atoms. The second-order valence-electron chi connectivity index (χ2n) is 2.92. The number of nitrogens with zero attached hydrogens (tertiary/aromatic N) is 1. The Hall–Kier alpha value is -2.35. The minimum absolute atomic E-state index is 0.272. The highest BCUT2D eigenvalue weighted by Crippen LogP contribution is 2.02. The number of ether oxygens (including phenoxy) is 2. The van der Waals surface area contributed by atoms with Crippen LogP contribution in [0.2, 0.25) is 0 Å². The van der Waals surface area contributed by atoms with Crippen LogP contribution in [-0.4, -0.2) is 30.6 Å². The number of rotatable bonds is 2. The van der Waals surface area contributed by atoms with E-state index in [1.807, 2.05) is 0 Å². The van der Waals surface area contributed by atoms with Gasteiger partial charge in [0, 0.05) is 23.9 Å². The van der Waals surface area contributed by atoms with Gasteiger partial charge in [-0.3, -0.25) is 4.98 Å². The Kier molecular flexibility index (Phi) is 4.70. The standard InChI is InChI=1S/C12H11NO4/c1-3-17-11(14)5-4-9-6-10(8-13-7-9)12(15)16-2/h6-8H,3H2,1-2H3. The highest BCUT2D eigenvalue weighted by atomic mass is 16.5. The van der Waals surface area contributed by atoms with Gasteiger partial charge in [-0.15, -0.1) is 0 Å². The smallest absolute Gasteiger partial charge is 0.384 e. The van der Waals surface area contributed by atoms with Crippen LogP contribution in [0.5, 0.6) is 0 Å². The third-order valence-electron chi connectivity index (χ3n) is 1.74. The van der Waals surface area contributed by atoms with E-state index in [1.165, 1.54) is 25.6 Å². The van der Waals surface area contributed by atoms with Gasteiger partial charge in [-0.1, -0.05) is 5.92 Å². The van der Waals surface area contributed by atoms with E-state index in [-0.39, 0.29) is 12.2 Å². The Balaban J connectivity index is 2.85. The summed E-state index contributed by atoms with van der Waals surface area (Å²) in [6, 6.07) is 1.49. The summed E-state index contributed by atoms with van der Waals surface area (Å²) in [4.78, 5) is 26.0. The van der Waals surface area contributed by atoms with Crippen molar-refractivity contribution in [3.05, 3.63) is 29.6 Å². The molecule has 0 fully saturated rings. The number of esters is 2. The molecule has 1 aromatic heterocycles. The Morgan fingerprint density at radius 2 is 2.18 bits per heavy atom. The molecule has 0 amide bonds. The molecule has 17 heavy (non-hydrogen) atoms. The van der Waals surface area contributed by atoms with Gasteiger partial charge in [0.2, 0.25) is 0 Å². The van der Waals surface area contributed by atoms with Crippen LogP contribution in [0.1, 0.15) is 22.8 Å². The Morgan fingerprint density at radius 1 is 1.41 bits per heavy atom. The maximum atomic E-state index is 11.2. The van der Waals surface area contributed by atoms with E-state index >= 15 is 0 Å². The Labute approximate surface area is 98.8 Å². The van der Waals surface area contributed by atoms with Crippen molar-refractivity contribution in [3.8, 4) is 11.8 Å². The van der Waals surface area contributed by atoms with Gasteiger partial charge in [-0.2, -0.15) is 0 Å². The SMILES string of the molecule is CCOC(=O)C#Cc1cncc(C(=O)OC)c1. The highest BCUT2D eigenvalue weighted by molar-refractivity contribution is 5.90. The van der Waals surface area contributed by atoms with Crippen molar-refractivity contribution in [1.29, 1.82) is 0 Å². The first-order valence-corrected chi connectivity index (χ1v) is 4.89. The lowest BCUT2D eigenvalue weighted by Gasteiger charge is -1.98.